The first-order valence-electron chi connectivity index (χ1n) is 6.67. The number of aryl methyl sites for hydroxylation is 1. The molecule has 0 spiro atoms. The number of carboxylic acid groups (broad SMARTS) is 2. The van der Waals surface area contributed by atoms with Gasteiger partial charge in [0.1, 0.15) is 5.54 Å². The number of rotatable bonds is 6. The number of hydrogen-bond donors (Lipinski definition) is 3. The molecule has 4 atom stereocenters. The SMILES string of the molecule is C[C@@H]1[C@H](C(=O)O)[C@H]1C(N)(CCc1ccccc1)C(=O)O. The molecule has 2 rings (SSSR count). The van der Waals surface area contributed by atoms with Crippen molar-refractivity contribution >= 4 is 11.9 Å². The predicted molar refractivity (Wildman–Crippen MR) is 73.1 cm³/mol. The van der Waals surface area contributed by atoms with E-state index in [2.05, 4.69) is 0 Å². The molecule has 4 N–H and O–H groups in total. The van der Waals surface area contributed by atoms with Crippen LogP contribution in [-0.2, 0) is 16.0 Å². The van der Waals surface area contributed by atoms with Gasteiger partial charge in [0.05, 0.1) is 5.92 Å². The van der Waals surface area contributed by atoms with Gasteiger partial charge in [-0.1, -0.05) is 37.3 Å². The molecule has 0 amide bonds. The van der Waals surface area contributed by atoms with E-state index in [9.17, 15) is 14.7 Å². The molecule has 0 heterocycles. The number of benzene rings is 1. The van der Waals surface area contributed by atoms with Crippen LogP contribution in [0.15, 0.2) is 30.3 Å². The lowest BCUT2D eigenvalue weighted by Crippen LogP contribution is -2.51. The fraction of sp³-hybridized carbons (Fsp3) is 0.467. The summed E-state index contributed by atoms with van der Waals surface area (Å²) in [4.78, 5) is 22.6. The third-order valence-electron chi connectivity index (χ3n) is 4.33. The van der Waals surface area contributed by atoms with Crippen molar-refractivity contribution in [3.8, 4) is 0 Å². The Kier molecular flexibility index (Phi) is 3.81. The van der Waals surface area contributed by atoms with Crippen molar-refractivity contribution in [3.05, 3.63) is 35.9 Å². The van der Waals surface area contributed by atoms with E-state index in [0.717, 1.165) is 5.56 Å². The summed E-state index contributed by atoms with van der Waals surface area (Å²) in [6.45, 7) is 1.75. The lowest BCUT2D eigenvalue weighted by Gasteiger charge is -2.25. The minimum absolute atomic E-state index is 0.190. The van der Waals surface area contributed by atoms with Gasteiger partial charge in [-0.3, -0.25) is 9.59 Å². The molecule has 5 nitrogen and oxygen atoms in total. The van der Waals surface area contributed by atoms with E-state index in [-0.39, 0.29) is 12.3 Å². The Bertz CT molecular complexity index is 516. The van der Waals surface area contributed by atoms with Gasteiger partial charge < -0.3 is 15.9 Å². The second-order valence-corrected chi connectivity index (χ2v) is 5.58. The van der Waals surface area contributed by atoms with E-state index in [1.165, 1.54) is 0 Å². The maximum atomic E-state index is 11.5. The van der Waals surface area contributed by atoms with E-state index < -0.39 is 29.3 Å². The normalized spacial score (nSPS) is 27.6. The van der Waals surface area contributed by atoms with Crippen molar-refractivity contribution in [2.24, 2.45) is 23.5 Å². The quantitative estimate of drug-likeness (QED) is 0.729. The summed E-state index contributed by atoms with van der Waals surface area (Å²) in [5.74, 6) is -3.41. The van der Waals surface area contributed by atoms with Gasteiger partial charge in [0.25, 0.3) is 0 Å². The minimum atomic E-state index is -1.47. The van der Waals surface area contributed by atoms with Gasteiger partial charge in [-0.15, -0.1) is 0 Å². The molecule has 1 saturated carbocycles. The molecule has 1 aliphatic carbocycles. The highest BCUT2D eigenvalue weighted by atomic mass is 16.4. The lowest BCUT2D eigenvalue weighted by molar-refractivity contribution is -0.145. The maximum Gasteiger partial charge on any atom is 0.324 e. The van der Waals surface area contributed by atoms with E-state index >= 15 is 0 Å². The smallest absolute Gasteiger partial charge is 0.324 e. The Labute approximate surface area is 117 Å². The highest BCUT2D eigenvalue weighted by molar-refractivity contribution is 5.83. The lowest BCUT2D eigenvalue weighted by atomic mass is 9.85. The summed E-state index contributed by atoms with van der Waals surface area (Å²) in [6, 6.07) is 9.47. The van der Waals surface area contributed by atoms with Crippen molar-refractivity contribution in [2.75, 3.05) is 0 Å². The molecular formula is C15H19NO4. The van der Waals surface area contributed by atoms with Crippen LogP contribution in [0.2, 0.25) is 0 Å². The fourth-order valence-electron chi connectivity index (χ4n) is 3.04. The number of hydrogen-bond acceptors (Lipinski definition) is 3. The molecule has 1 aromatic carbocycles. The molecule has 1 aromatic rings. The molecule has 0 bridgehead atoms. The Morgan fingerprint density at radius 3 is 2.30 bits per heavy atom. The van der Waals surface area contributed by atoms with Crippen molar-refractivity contribution in [1.29, 1.82) is 0 Å². The minimum Gasteiger partial charge on any atom is -0.481 e. The zero-order chi connectivity index (χ0) is 14.9. The molecule has 20 heavy (non-hydrogen) atoms. The highest BCUT2D eigenvalue weighted by Gasteiger charge is 2.63. The third kappa shape index (κ3) is 2.54. The fourth-order valence-corrected chi connectivity index (χ4v) is 3.04. The molecule has 0 aliphatic heterocycles. The van der Waals surface area contributed by atoms with Crippen LogP contribution in [-0.4, -0.2) is 27.7 Å². The molecule has 1 fully saturated rings. The number of carbonyl (C=O) groups is 2. The van der Waals surface area contributed by atoms with Crippen molar-refractivity contribution in [1.82, 2.24) is 0 Å². The first-order chi connectivity index (χ1) is 9.38. The topological polar surface area (TPSA) is 101 Å². The monoisotopic (exact) mass is 277 g/mol. The van der Waals surface area contributed by atoms with Gasteiger partial charge in [0.15, 0.2) is 0 Å². The van der Waals surface area contributed by atoms with Crippen LogP contribution in [0.25, 0.3) is 0 Å². The second kappa shape index (κ2) is 5.25. The van der Waals surface area contributed by atoms with Crippen molar-refractivity contribution in [3.63, 3.8) is 0 Å². The Hall–Kier alpha value is -1.88. The van der Waals surface area contributed by atoms with Crippen LogP contribution in [0.5, 0.6) is 0 Å². The summed E-state index contributed by atoms with van der Waals surface area (Å²) >= 11 is 0. The molecule has 0 aromatic heterocycles. The van der Waals surface area contributed by atoms with Crippen LogP contribution in [0, 0.1) is 17.8 Å². The highest BCUT2D eigenvalue weighted by Crippen LogP contribution is 2.53. The van der Waals surface area contributed by atoms with Gasteiger partial charge in [-0.2, -0.15) is 0 Å². The van der Waals surface area contributed by atoms with Gasteiger partial charge in [-0.05, 0) is 24.3 Å². The zero-order valence-electron chi connectivity index (χ0n) is 11.3. The van der Waals surface area contributed by atoms with Crippen LogP contribution >= 0.6 is 0 Å². The summed E-state index contributed by atoms with van der Waals surface area (Å²) in [5.41, 5.74) is 5.58. The average molecular weight is 277 g/mol. The molecule has 0 radical (unpaired) electrons. The van der Waals surface area contributed by atoms with E-state index in [0.29, 0.717) is 6.42 Å². The zero-order valence-corrected chi connectivity index (χ0v) is 11.3. The van der Waals surface area contributed by atoms with E-state index in [4.69, 9.17) is 10.8 Å². The summed E-state index contributed by atoms with van der Waals surface area (Å²) < 4.78 is 0. The van der Waals surface area contributed by atoms with Gasteiger partial charge in [0, 0.05) is 5.92 Å². The maximum absolute atomic E-state index is 11.5. The summed E-state index contributed by atoms with van der Waals surface area (Å²) in [7, 11) is 0. The van der Waals surface area contributed by atoms with E-state index in [1.54, 1.807) is 6.92 Å². The first-order valence-corrected chi connectivity index (χ1v) is 6.67. The van der Waals surface area contributed by atoms with Gasteiger partial charge in [-0.25, -0.2) is 0 Å². The van der Waals surface area contributed by atoms with Gasteiger partial charge >= 0.3 is 11.9 Å². The predicted octanol–water partition coefficient (Wildman–Crippen LogP) is 1.37. The van der Waals surface area contributed by atoms with Crippen LogP contribution < -0.4 is 5.73 Å². The van der Waals surface area contributed by atoms with Crippen LogP contribution in [0.3, 0.4) is 0 Å². The Morgan fingerprint density at radius 2 is 1.85 bits per heavy atom. The summed E-state index contributed by atoms with van der Waals surface area (Å²) in [5, 5.41) is 18.5. The Morgan fingerprint density at radius 1 is 1.25 bits per heavy atom. The number of nitrogens with two attached hydrogens (primary N) is 1. The number of carboxylic acids is 2. The molecule has 1 aliphatic rings. The van der Waals surface area contributed by atoms with Crippen LogP contribution in [0.1, 0.15) is 18.9 Å². The third-order valence-corrected chi connectivity index (χ3v) is 4.33. The summed E-state index contributed by atoms with van der Waals surface area (Å²) in [6.07, 6.45) is 0.768. The first kappa shape index (κ1) is 14.5. The molecule has 0 saturated heterocycles. The number of aliphatic carboxylic acids is 2. The van der Waals surface area contributed by atoms with E-state index in [1.807, 2.05) is 30.3 Å². The van der Waals surface area contributed by atoms with Gasteiger partial charge in [0.2, 0.25) is 0 Å². The average Bonchev–Trinajstić information content (AvgIpc) is 3.09. The van der Waals surface area contributed by atoms with Crippen molar-refractivity contribution < 1.29 is 19.8 Å². The molecule has 5 heteroatoms. The van der Waals surface area contributed by atoms with Crippen molar-refractivity contribution in [2.45, 2.75) is 25.3 Å². The second-order valence-electron chi connectivity index (χ2n) is 5.58. The molecular weight excluding hydrogens is 258 g/mol. The molecule has 1 unspecified atom stereocenters. The Balaban J connectivity index is 2.11. The standard InChI is InChI=1S/C15H19NO4/c1-9-11(13(17)18)12(9)15(16,14(19)20)8-7-10-5-3-2-4-6-10/h2-6,9,11-12H,7-8,16H2,1H3,(H,17,18)(H,19,20)/t9-,11+,12+,15?/m1/s1. The largest absolute Gasteiger partial charge is 0.481 e. The van der Waals surface area contributed by atoms with Crippen LogP contribution in [0.4, 0.5) is 0 Å². The molecule has 108 valence electrons.